The van der Waals surface area contributed by atoms with Crippen molar-refractivity contribution in [3.05, 3.63) is 77.0 Å². The van der Waals surface area contributed by atoms with E-state index in [2.05, 4.69) is 17.9 Å². The van der Waals surface area contributed by atoms with Crippen LogP contribution in [0.5, 0.6) is 5.75 Å². The Hall–Kier alpha value is -3.59. The highest BCUT2D eigenvalue weighted by Crippen LogP contribution is 2.36. The van der Waals surface area contributed by atoms with Gasteiger partial charge >= 0.3 is 12.1 Å². The van der Waals surface area contributed by atoms with Crippen molar-refractivity contribution in [1.82, 2.24) is 4.98 Å². The van der Waals surface area contributed by atoms with E-state index >= 15 is 0 Å². The number of alkyl halides is 3. The van der Waals surface area contributed by atoms with Crippen molar-refractivity contribution < 1.29 is 32.2 Å². The number of nitrogens with zero attached hydrogens (tertiary/aromatic N) is 2. The van der Waals surface area contributed by atoms with E-state index in [9.17, 15) is 18.0 Å². The highest BCUT2D eigenvalue weighted by molar-refractivity contribution is 5.71. The number of hydrogen-bond donors (Lipinski definition) is 0. The summed E-state index contributed by atoms with van der Waals surface area (Å²) in [6.07, 6.45) is -1.15. The van der Waals surface area contributed by atoms with Crippen LogP contribution in [0.3, 0.4) is 0 Å². The fourth-order valence-corrected chi connectivity index (χ4v) is 4.82. The van der Waals surface area contributed by atoms with Crippen molar-refractivity contribution in [2.45, 2.75) is 58.7 Å². The number of aryl methyl sites for hydroxylation is 2. The SMILES string of the molecule is CCCC(c1ccc(-c2cccc(C(F)(F)F)c2)nc1C)N(C)c1ccc(OCC(=O)OCC)c(CCCOC)c1. The number of pyridine rings is 1. The minimum absolute atomic E-state index is 0.0128. The average Bonchev–Trinajstić information content (AvgIpc) is 2.95. The highest BCUT2D eigenvalue weighted by Gasteiger charge is 2.30. The summed E-state index contributed by atoms with van der Waals surface area (Å²) in [6.45, 7) is 6.48. The molecule has 0 saturated heterocycles. The number of rotatable bonds is 14. The monoisotopic (exact) mass is 572 g/mol. The van der Waals surface area contributed by atoms with Crippen LogP contribution in [-0.4, -0.2) is 44.9 Å². The summed E-state index contributed by atoms with van der Waals surface area (Å²) in [7, 11) is 3.68. The molecule has 9 heteroatoms. The molecule has 0 fully saturated rings. The number of esters is 1. The zero-order chi connectivity index (χ0) is 30.0. The number of hydrogen-bond acceptors (Lipinski definition) is 6. The lowest BCUT2D eigenvalue weighted by molar-refractivity contribution is -0.145. The first-order valence-corrected chi connectivity index (χ1v) is 13.9. The van der Waals surface area contributed by atoms with Crippen molar-refractivity contribution in [3.8, 4) is 17.0 Å². The second-order valence-electron chi connectivity index (χ2n) is 9.85. The summed E-state index contributed by atoms with van der Waals surface area (Å²) in [4.78, 5) is 18.8. The minimum Gasteiger partial charge on any atom is -0.482 e. The van der Waals surface area contributed by atoms with Gasteiger partial charge in [-0.25, -0.2) is 4.79 Å². The molecular weight excluding hydrogens is 533 g/mol. The van der Waals surface area contributed by atoms with Gasteiger partial charge in [-0.05, 0) is 80.6 Å². The molecule has 2 aromatic carbocycles. The van der Waals surface area contributed by atoms with Crippen LogP contribution in [0.1, 0.15) is 61.5 Å². The summed E-state index contributed by atoms with van der Waals surface area (Å²) < 4.78 is 55.8. The molecule has 1 heterocycles. The third-order valence-electron chi connectivity index (χ3n) is 6.90. The molecule has 222 valence electrons. The largest absolute Gasteiger partial charge is 0.482 e. The molecule has 0 spiro atoms. The van der Waals surface area contributed by atoms with Crippen LogP contribution in [0.15, 0.2) is 54.6 Å². The van der Waals surface area contributed by atoms with Gasteiger partial charge in [0, 0.05) is 37.7 Å². The van der Waals surface area contributed by atoms with Gasteiger partial charge in [0.1, 0.15) is 5.75 Å². The van der Waals surface area contributed by atoms with Crippen molar-refractivity contribution in [2.75, 3.05) is 38.9 Å². The van der Waals surface area contributed by atoms with Crippen LogP contribution in [0.4, 0.5) is 18.9 Å². The molecule has 1 atom stereocenters. The number of carbonyl (C=O) groups excluding carboxylic acids is 1. The van der Waals surface area contributed by atoms with Gasteiger partial charge < -0.3 is 19.1 Å². The Morgan fingerprint density at radius 2 is 1.85 bits per heavy atom. The predicted molar refractivity (Wildman–Crippen MR) is 154 cm³/mol. The number of methoxy groups -OCH3 is 1. The summed E-state index contributed by atoms with van der Waals surface area (Å²) in [5.41, 5.74) is 3.93. The van der Waals surface area contributed by atoms with Gasteiger partial charge in [0.2, 0.25) is 0 Å². The van der Waals surface area contributed by atoms with Gasteiger partial charge in [-0.2, -0.15) is 13.2 Å². The van der Waals surface area contributed by atoms with E-state index in [0.29, 0.717) is 36.6 Å². The van der Waals surface area contributed by atoms with E-state index in [-0.39, 0.29) is 12.6 Å². The van der Waals surface area contributed by atoms with Crippen molar-refractivity contribution in [1.29, 1.82) is 0 Å². The highest BCUT2D eigenvalue weighted by atomic mass is 19.4. The number of anilines is 1. The van der Waals surface area contributed by atoms with E-state index < -0.39 is 17.7 Å². The number of ether oxygens (including phenoxy) is 3. The van der Waals surface area contributed by atoms with Crippen LogP contribution in [0, 0.1) is 6.92 Å². The normalized spacial score (nSPS) is 12.2. The standard InChI is InChI=1S/C32H39F3N2O4/c1-6-10-29(27-15-16-28(36-22(27)3)23-11-8-13-25(19-23)32(33,34)35)37(4)26-14-17-30(41-21-31(38)40-7-2)24(20-26)12-9-18-39-5/h8,11,13-17,19-20,29H,6-7,9-10,12,18,21H2,1-5H3. The lowest BCUT2D eigenvalue weighted by Crippen LogP contribution is -2.25. The van der Waals surface area contributed by atoms with Crippen molar-refractivity contribution in [2.24, 2.45) is 0 Å². The Labute approximate surface area is 240 Å². The molecule has 0 radical (unpaired) electrons. The average molecular weight is 573 g/mol. The molecule has 41 heavy (non-hydrogen) atoms. The first-order chi connectivity index (χ1) is 19.6. The van der Waals surface area contributed by atoms with E-state index in [1.807, 2.05) is 32.2 Å². The Bertz CT molecular complexity index is 1300. The van der Waals surface area contributed by atoms with Crippen LogP contribution < -0.4 is 9.64 Å². The van der Waals surface area contributed by atoms with Crippen LogP contribution in [0.25, 0.3) is 11.3 Å². The van der Waals surface area contributed by atoms with Crippen LogP contribution >= 0.6 is 0 Å². The van der Waals surface area contributed by atoms with Crippen LogP contribution in [0.2, 0.25) is 0 Å². The number of carbonyl (C=O) groups is 1. The second-order valence-corrected chi connectivity index (χ2v) is 9.85. The van der Waals surface area contributed by atoms with E-state index in [1.165, 1.54) is 6.07 Å². The topological polar surface area (TPSA) is 60.9 Å². The van der Waals surface area contributed by atoms with Crippen LogP contribution in [-0.2, 0) is 26.9 Å². The maximum Gasteiger partial charge on any atom is 0.416 e. The van der Waals surface area contributed by atoms with Gasteiger partial charge in [0.05, 0.1) is 23.9 Å². The molecule has 3 aromatic rings. The molecule has 3 rings (SSSR count). The maximum atomic E-state index is 13.3. The Morgan fingerprint density at radius 3 is 2.51 bits per heavy atom. The molecule has 0 bridgehead atoms. The van der Waals surface area contributed by atoms with E-state index in [1.54, 1.807) is 26.2 Å². The number of halogens is 3. The second kappa shape index (κ2) is 14.9. The molecule has 0 aliphatic heterocycles. The van der Waals surface area contributed by atoms with Crippen molar-refractivity contribution >= 4 is 11.7 Å². The van der Waals surface area contributed by atoms with Gasteiger partial charge in [0.15, 0.2) is 6.61 Å². The third-order valence-corrected chi connectivity index (χ3v) is 6.90. The number of aromatic nitrogens is 1. The fraction of sp³-hybridized carbons (Fsp3) is 0.438. The lowest BCUT2D eigenvalue weighted by Gasteiger charge is -2.32. The van der Waals surface area contributed by atoms with Gasteiger partial charge in [0.25, 0.3) is 0 Å². The Balaban J connectivity index is 1.91. The Morgan fingerprint density at radius 1 is 1.07 bits per heavy atom. The first kappa shape index (κ1) is 31.9. The molecule has 1 unspecified atom stereocenters. The van der Waals surface area contributed by atoms with Gasteiger partial charge in [-0.1, -0.05) is 31.5 Å². The first-order valence-electron chi connectivity index (χ1n) is 13.9. The van der Waals surface area contributed by atoms with Gasteiger partial charge in [-0.3, -0.25) is 4.98 Å². The smallest absolute Gasteiger partial charge is 0.416 e. The van der Waals surface area contributed by atoms with Crippen molar-refractivity contribution in [3.63, 3.8) is 0 Å². The molecule has 0 N–H and O–H groups in total. The molecule has 0 amide bonds. The van der Waals surface area contributed by atoms with Gasteiger partial charge in [-0.15, -0.1) is 0 Å². The summed E-state index contributed by atoms with van der Waals surface area (Å²) in [5.74, 6) is 0.206. The Kier molecular flexibility index (Phi) is 11.6. The fourth-order valence-electron chi connectivity index (χ4n) is 4.82. The van der Waals surface area contributed by atoms with E-state index in [0.717, 1.165) is 53.9 Å². The zero-order valence-corrected chi connectivity index (χ0v) is 24.4. The zero-order valence-electron chi connectivity index (χ0n) is 24.4. The molecular formula is C32H39F3N2O4. The third kappa shape index (κ3) is 8.70. The lowest BCUT2D eigenvalue weighted by atomic mass is 9.97. The van der Waals surface area contributed by atoms with E-state index in [4.69, 9.17) is 19.2 Å². The molecule has 0 aliphatic rings. The summed E-state index contributed by atoms with van der Waals surface area (Å²) >= 11 is 0. The number of benzene rings is 2. The molecule has 1 aromatic heterocycles. The maximum absolute atomic E-state index is 13.3. The summed E-state index contributed by atoms with van der Waals surface area (Å²) in [5, 5.41) is 0. The molecule has 6 nitrogen and oxygen atoms in total. The summed E-state index contributed by atoms with van der Waals surface area (Å²) in [6, 6.07) is 14.9. The molecule has 0 saturated carbocycles. The molecule has 0 aliphatic carbocycles. The predicted octanol–water partition coefficient (Wildman–Crippen LogP) is 7.57. The minimum atomic E-state index is -4.41. The quantitative estimate of drug-likeness (QED) is 0.147.